The maximum Gasteiger partial charge on any atom is 0.135 e. The molecule has 100 valence electrons. The number of allylic oxidation sites excluding steroid dienone is 1. The molecule has 0 aliphatic carbocycles. The van der Waals surface area contributed by atoms with Gasteiger partial charge in [-0.15, -0.1) is 0 Å². The fourth-order valence-electron chi connectivity index (χ4n) is 1.72. The van der Waals surface area contributed by atoms with E-state index in [2.05, 4.69) is 25.7 Å². The number of Topliss-reactive ketones (excluding diaryl/α,β-unsaturated/α-hetero) is 1. The minimum Gasteiger partial charge on any atom is -0.389 e. The molecule has 0 saturated carbocycles. The monoisotopic (exact) mass is 239 g/mol. The van der Waals surface area contributed by atoms with Crippen molar-refractivity contribution >= 4 is 5.78 Å². The van der Waals surface area contributed by atoms with Gasteiger partial charge in [-0.25, -0.2) is 0 Å². The fraction of sp³-hybridized carbons (Fsp3) is 0.800. The molecule has 0 atom stereocenters. The Labute approximate surface area is 107 Å². The van der Waals surface area contributed by atoms with E-state index in [-0.39, 0.29) is 5.92 Å². The van der Waals surface area contributed by atoms with E-state index in [9.17, 15) is 4.79 Å². The van der Waals surface area contributed by atoms with Crippen molar-refractivity contribution in [3.63, 3.8) is 0 Å². The molecule has 0 aromatic carbocycles. The molecule has 0 bridgehead atoms. The number of rotatable bonds is 10. The van der Waals surface area contributed by atoms with Crippen LogP contribution < -0.4 is 5.32 Å². The molecule has 0 aromatic rings. The van der Waals surface area contributed by atoms with Crippen LogP contribution in [0.25, 0.3) is 0 Å². The molecule has 0 aliphatic heterocycles. The quantitative estimate of drug-likeness (QED) is 0.585. The highest BCUT2D eigenvalue weighted by atomic mass is 16.1. The third-order valence-electron chi connectivity index (χ3n) is 2.77. The summed E-state index contributed by atoms with van der Waals surface area (Å²) in [6.45, 7) is 13.3. The minimum absolute atomic E-state index is 0.193. The maximum atomic E-state index is 11.4. The van der Waals surface area contributed by atoms with E-state index in [1.165, 1.54) is 0 Å². The normalized spacial score (nSPS) is 10.9. The number of hydrogen-bond acceptors (Lipinski definition) is 2. The van der Waals surface area contributed by atoms with Gasteiger partial charge < -0.3 is 5.32 Å². The first-order valence-corrected chi connectivity index (χ1v) is 6.87. The summed E-state index contributed by atoms with van der Waals surface area (Å²) >= 11 is 0. The second-order valence-electron chi connectivity index (χ2n) is 5.56. The average molecular weight is 239 g/mol. The molecule has 0 spiro atoms. The van der Waals surface area contributed by atoms with Crippen molar-refractivity contribution in [3.05, 3.63) is 12.3 Å². The molecule has 0 aromatic heterocycles. The van der Waals surface area contributed by atoms with E-state index < -0.39 is 0 Å². The van der Waals surface area contributed by atoms with Crippen LogP contribution in [0.5, 0.6) is 0 Å². The predicted molar refractivity (Wildman–Crippen MR) is 74.9 cm³/mol. The number of nitrogens with one attached hydrogen (secondary N) is 1. The summed E-state index contributed by atoms with van der Waals surface area (Å²) in [6.07, 6.45) is 5.06. The van der Waals surface area contributed by atoms with Crippen LogP contribution in [-0.4, -0.2) is 12.3 Å². The lowest BCUT2D eigenvalue weighted by atomic mass is 10.0. The molecule has 17 heavy (non-hydrogen) atoms. The Hall–Kier alpha value is -0.790. The Balaban J connectivity index is 3.35. The Morgan fingerprint density at radius 2 is 1.76 bits per heavy atom. The summed E-state index contributed by atoms with van der Waals surface area (Å²) in [4.78, 5) is 11.4. The Morgan fingerprint density at radius 1 is 1.12 bits per heavy atom. The van der Waals surface area contributed by atoms with Gasteiger partial charge in [-0.1, -0.05) is 40.7 Å². The molecule has 0 saturated heterocycles. The van der Waals surface area contributed by atoms with E-state index >= 15 is 0 Å². The van der Waals surface area contributed by atoms with Gasteiger partial charge in [0.25, 0.3) is 0 Å². The first-order chi connectivity index (χ1) is 7.93. The number of carbonyl (C=O) groups excluding carboxylic acids is 1. The van der Waals surface area contributed by atoms with Crippen LogP contribution in [0.4, 0.5) is 0 Å². The fourth-order valence-corrected chi connectivity index (χ4v) is 1.72. The van der Waals surface area contributed by atoms with Crippen molar-refractivity contribution < 1.29 is 4.79 Å². The van der Waals surface area contributed by atoms with E-state index in [1.807, 2.05) is 13.8 Å². The average Bonchev–Trinajstić information content (AvgIpc) is 2.21. The van der Waals surface area contributed by atoms with Crippen LogP contribution in [0, 0.1) is 11.8 Å². The summed E-state index contributed by atoms with van der Waals surface area (Å²) in [5.41, 5.74) is 1.14. The lowest BCUT2D eigenvalue weighted by molar-refractivity contribution is -0.122. The highest BCUT2D eigenvalue weighted by Gasteiger charge is 2.05. The summed E-state index contributed by atoms with van der Waals surface area (Å²) in [5, 5.41) is 3.35. The predicted octanol–water partition coefficient (Wildman–Crippen LogP) is 3.92. The lowest BCUT2D eigenvalue weighted by Gasteiger charge is -2.11. The SMILES string of the molecule is C=C(CC(C)C)NCCCCCC(=O)C(C)C. The molecule has 2 heteroatoms. The maximum absolute atomic E-state index is 11.4. The largest absolute Gasteiger partial charge is 0.389 e. The zero-order valence-corrected chi connectivity index (χ0v) is 12.0. The van der Waals surface area contributed by atoms with Crippen molar-refractivity contribution in [1.82, 2.24) is 5.32 Å². The second-order valence-corrected chi connectivity index (χ2v) is 5.56. The third-order valence-corrected chi connectivity index (χ3v) is 2.77. The highest BCUT2D eigenvalue weighted by molar-refractivity contribution is 5.80. The van der Waals surface area contributed by atoms with Gasteiger partial charge in [0.2, 0.25) is 0 Å². The van der Waals surface area contributed by atoms with Crippen molar-refractivity contribution in [3.8, 4) is 0 Å². The molecule has 2 nitrogen and oxygen atoms in total. The summed E-state index contributed by atoms with van der Waals surface area (Å²) in [7, 11) is 0. The molecular formula is C15H29NO. The number of carbonyl (C=O) groups is 1. The van der Waals surface area contributed by atoms with Crippen LogP contribution in [0.2, 0.25) is 0 Å². The first kappa shape index (κ1) is 16.2. The molecule has 0 radical (unpaired) electrons. The first-order valence-electron chi connectivity index (χ1n) is 6.87. The second kappa shape index (κ2) is 9.26. The van der Waals surface area contributed by atoms with E-state index in [1.54, 1.807) is 0 Å². The van der Waals surface area contributed by atoms with Gasteiger partial charge in [0.15, 0.2) is 0 Å². The smallest absolute Gasteiger partial charge is 0.135 e. The van der Waals surface area contributed by atoms with Crippen LogP contribution in [0.15, 0.2) is 12.3 Å². The van der Waals surface area contributed by atoms with Gasteiger partial charge in [0, 0.05) is 24.6 Å². The Kier molecular flexibility index (Phi) is 8.83. The van der Waals surface area contributed by atoms with Crippen molar-refractivity contribution in [2.24, 2.45) is 11.8 Å². The van der Waals surface area contributed by atoms with Gasteiger partial charge in [0.1, 0.15) is 5.78 Å². The topological polar surface area (TPSA) is 29.1 Å². The lowest BCUT2D eigenvalue weighted by Crippen LogP contribution is -2.15. The summed E-state index contributed by atoms with van der Waals surface area (Å²) < 4.78 is 0. The molecule has 1 N–H and O–H groups in total. The van der Waals surface area contributed by atoms with Gasteiger partial charge in [-0.05, 0) is 25.2 Å². The van der Waals surface area contributed by atoms with Crippen LogP contribution in [0.1, 0.15) is 59.8 Å². The van der Waals surface area contributed by atoms with Crippen molar-refractivity contribution in [2.45, 2.75) is 59.8 Å². The molecule has 0 heterocycles. The molecule has 0 rings (SSSR count). The number of ketones is 1. The van der Waals surface area contributed by atoms with E-state index in [4.69, 9.17) is 0 Å². The summed E-state index contributed by atoms with van der Waals surface area (Å²) in [5.74, 6) is 1.25. The molecule has 0 amide bonds. The van der Waals surface area contributed by atoms with E-state index in [0.717, 1.165) is 44.3 Å². The zero-order valence-electron chi connectivity index (χ0n) is 12.0. The summed E-state index contributed by atoms with van der Waals surface area (Å²) in [6, 6.07) is 0. The molecule has 0 aliphatic rings. The Morgan fingerprint density at radius 3 is 2.29 bits per heavy atom. The van der Waals surface area contributed by atoms with Gasteiger partial charge >= 0.3 is 0 Å². The van der Waals surface area contributed by atoms with Gasteiger partial charge in [0.05, 0.1) is 0 Å². The van der Waals surface area contributed by atoms with Gasteiger partial charge in [-0.2, -0.15) is 0 Å². The van der Waals surface area contributed by atoms with Crippen LogP contribution >= 0.6 is 0 Å². The number of unbranched alkanes of at least 4 members (excludes halogenated alkanes) is 2. The standard InChI is InChI=1S/C15H29NO/c1-12(2)11-14(5)16-10-8-6-7-9-15(17)13(3)4/h12-13,16H,5-11H2,1-4H3. The van der Waals surface area contributed by atoms with Crippen molar-refractivity contribution in [1.29, 1.82) is 0 Å². The molecule has 0 unspecified atom stereocenters. The zero-order chi connectivity index (χ0) is 13.3. The third kappa shape index (κ3) is 10.1. The Bertz CT molecular complexity index is 231. The van der Waals surface area contributed by atoms with Crippen LogP contribution in [-0.2, 0) is 4.79 Å². The van der Waals surface area contributed by atoms with Crippen LogP contribution in [0.3, 0.4) is 0 Å². The number of hydrogen-bond donors (Lipinski definition) is 1. The highest BCUT2D eigenvalue weighted by Crippen LogP contribution is 2.07. The molecule has 0 fully saturated rings. The van der Waals surface area contributed by atoms with Gasteiger partial charge in [-0.3, -0.25) is 4.79 Å². The minimum atomic E-state index is 0.193. The molecular weight excluding hydrogens is 210 g/mol. The van der Waals surface area contributed by atoms with E-state index in [0.29, 0.717) is 11.7 Å². The van der Waals surface area contributed by atoms with Crippen molar-refractivity contribution in [2.75, 3.05) is 6.54 Å².